The number of hydrogen-bond acceptors (Lipinski definition) is 4. The molecule has 0 aromatic heterocycles. The Labute approximate surface area is 185 Å². The standard InChI is InChI=1S/C22H20F6N2O3/c1-13(31)29-11-19(32)16-4-7-18-15(10-16)8-9-30(18)12-14-2-5-17(6-3-14)20(33,21(23,24)25)22(26,27)28/h2-7,10,33H,8-9,11-12H2,1H3,(H,29,31). The van der Waals surface area contributed by atoms with E-state index in [0.29, 0.717) is 36.2 Å². The summed E-state index contributed by atoms with van der Waals surface area (Å²) in [6.45, 7) is 1.91. The maximum absolute atomic E-state index is 13.0. The fourth-order valence-electron chi connectivity index (χ4n) is 3.67. The first-order valence-corrected chi connectivity index (χ1v) is 9.85. The number of halogens is 6. The molecular weight excluding hydrogens is 454 g/mol. The second-order valence-electron chi connectivity index (χ2n) is 7.75. The monoisotopic (exact) mass is 474 g/mol. The van der Waals surface area contributed by atoms with Crippen LogP contribution in [0.5, 0.6) is 0 Å². The highest BCUT2D eigenvalue weighted by Crippen LogP contribution is 2.50. The molecule has 0 radical (unpaired) electrons. The zero-order chi connectivity index (χ0) is 24.6. The van der Waals surface area contributed by atoms with Crippen LogP contribution in [0.25, 0.3) is 0 Å². The minimum atomic E-state index is -5.93. The van der Waals surface area contributed by atoms with E-state index >= 15 is 0 Å². The predicted molar refractivity (Wildman–Crippen MR) is 107 cm³/mol. The van der Waals surface area contributed by atoms with Crippen LogP contribution in [0.3, 0.4) is 0 Å². The molecule has 1 aliphatic heterocycles. The average Bonchev–Trinajstić information content (AvgIpc) is 3.12. The van der Waals surface area contributed by atoms with Crippen molar-refractivity contribution in [1.82, 2.24) is 5.32 Å². The lowest BCUT2D eigenvalue weighted by Crippen LogP contribution is -2.53. The molecule has 0 fully saturated rings. The van der Waals surface area contributed by atoms with E-state index in [9.17, 15) is 41.0 Å². The summed E-state index contributed by atoms with van der Waals surface area (Å²) >= 11 is 0. The van der Waals surface area contributed by atoms with Crippen LogP contribution >= 0.6 is 0 Å². The maximum Gasteiger partial charge on any atom is 0.430 e. The van der Waals surface area contributed by atoms with Gasteiger partial charge in [-0.2, -0.15) is 26.3 Å². The first kappa shape index (κ1) is 24.6. The topological polar surface area (TPSA) is 69.6 Å². The van der Waals surface area contributed by atoms with Gasteiger partial charge < -0.3 is 15.3 Å². The highest BCUT2D eigenvalue weighted by atomic mass is 19.4. The fourth-order valence-corrected chi connectivity index (χ4v) is 3.67. The summed E-state index contributed by atoms with van der Waals surface area (Å²) in [5.41, 5.74) is -3.74. The molecule has 1 heterocycles. The number of hydrogen-bond donors (Lipinski definition) is 2. The molecule has 0 aliphatic carbocycles. The van der Waals surface area contributed by atoms with Gasteiger partial charge in [0, 0.05) is 36.8 Å². The highest BCUT2D eigenvalue weighted by molar-refractivity contribution is 5.99. The summed E-state index contributed by atoms with van der Waals surface area (Å²) in [4.78, 5) is 25.0. The molecule has 2 aromatic carbocycles. The van der Waals surface area contributed by atoms with Crippen molar-refractivity contribution in [1.29, 1.82) is 0 Å². The molecule has 3 rings (SSSR count). The van der Waals surface area contributed by atoms with Gasteiger partial charge in [0.2, 0.25) is 5.91 Å². The van der Waals surface area contributed by atoms with E-state index < -0.39 is 23.5 Å². The van der Waals surface area contributed by atoms with Crippen LogP contribution in [0.15, 0.2) is 42.5 Å². The molecule has 0 spiro atoms. The number of carbonyl (C=O) groups excluding carboxylic acids is 2. The molecule has 1 aliphatic rings. The number of rotatable bonds is 6. The molecule has 0 bridgehead atoms. The minimum absolute atomic E-state index is 0.133. The maximum atomic E-state index is 13.0. The quantitative estimate of drug-likeness (QED) is 0.493. The number of nitrogens with zero attached hydrogens (tertiary/aromatic N) is 1. The van der Waals surface area contributed by atoms with Crippen molar-refractivity contribution in [2.45, 2.75) is 37.8 Å². The van der Waals surface area contributed by atoms with Crippen LogP contribution in [-0.4, -0.2) is 42.2 Å². The van der Waals surface area contributed by atoms with E-state index in [4.69, 9.17) is 0 Å². The van der Waals surface area contributed by atoms with E-state index in [1.807, 2.05) is 4.90 Å². The van der Waals surface area contributed by atoms with Gasteiger partial charge >= 0.3 is 12.4 Å². The Hall–Kier alpha value is -3.08. The Bertz CT molecular complexity index is 1030. The number of aliphatic hydroxyl groups is 1. The molecule has 178 valence electrons. The summed E-state index contributed by atoms with van der Waals surface area (Å²) in [7, 11) is 0. The van der Waals surface area contributed by atoms with Crippen LogP contribution < -0.4 is 10.2 Å². The van der Waals surface area contributed by atoms with Gasteiger partial charge in [-0.15, -0.1) is 0 Å². The SMILES string of the molecule is CC(=O)NCC(=O)c1ccc2c(c1)CCN2Cc1ccc(C(O)(C(F)(F)F)C(F)(F)F)cc1. The van der Waals surface area contributed by atoms with Crippen molar-refractivity contribution in [2.24, 2.45) is 0 Å². The summed E-state index contributed by atoms with van der Waals surface area (Å²) < 4.78 is 78.2. The number of alkyl halides is 6. The summed E-state index contributed by atoms with van der Waals surface area (Å²) in [5.74, 6) is -0.588. The normalized spacial score (nSPS) is 14.2. The second-order valence-corrected chi connectivity index (χ2v) is 7.75. The first-order valence-electron chi connectivity index (χ1n) is 9.85. The van der Waals surface area contributed by atoms with Crippen LogP contribution in [0.4, 0.5) is 32.0 Å². The highest BCUT2D eigenvalue weighted by Gasteiger charge is 2.71. The Morgan fingerprint density at radius 3 is 2.15 bits per heavy atom. The second kappa shape index (κ2) is 8.69. The number of amides is 1. The van der Waals surface area contributed by atoms with Gasteiger partial charge in [0.15, 0.2) is 5.78 Å². The Kier molecular flexibility index (Phi) is 6.47. The molecule has 2 aromatic rings. The average molecular weight is 474 g/mol. The van der Waals surface area contributed by atoms with Gasteiger partial charge in [-0.25, -0.2) is 0 Å². The third kappa shape index (κ3) is 4.82. The number of anilines is 1. The van der Waals surface area contributed by atoms with Crippen molar-refractivity contribution < 1.29 is 41.0 Å². The summed E-state index contributed by atoms with van der Waals surface area (Å²) in [6, 6.07) is 8.48. The van der Waals surface area contributed by atoms with Crippen LogP contribution in [0.2, 0.25) is 0 Å². The molecular formula is C22H20F6N2O3. The first-order chi connectivity index (χ1) is 15.2. The zero-order valence-corrected chi connectivity index (χ0v) is 17.3. The van der Waals surface area contributed by atoms with Crippen molar-refractivity contribution in [3.05, 3.63) is 64.7 Å². The van der Waals surface area contributed by atoms with Crippen molar-refractivity contribution in [3.63, 3.8) is 0 Å². The van der Waals surface area contributed by atoms with E-state index in [1.165, 1.54) is 6.92 Å². The number of benzene rings is 2. The van der Waals surface area contributed by atoms with Gasteiger partial charge in [-0.3, -0.25) is 9.59 Å². The molecule has 0 saturated carbocycles. The van der Waals surface area contributed by atoms with Crippen molar-refractivity contribution >= 4 is 17.4 Å². The largest absolute Gasteiger partial charge is 0.430 e. The van der Waals surface area contributed by atoms with Gasteiger partial charge in [-0.05, 0) is 35.7 Å². The lowest BCUT2D eigenvalue weighted by molar-refractivity contribution is -0.376. The van der Waals surface area contributed by atoms with Crippen molar-refractivity contribution in [3.8, 4) is 0 Å². The lowest BCUT2D eigenvalue weighted by Gasteiger charge is -2.32. The molecule has 0 saturated heterocycles. The van der Waals surface area contributed by atoms with E-state index in [0.717, 1.165) is 23.4 Å². The smallest absolute Gasteiger partial charge is 0.369 e. The molecule has 2 N–H and O–H groups in total. The molecule has 33 heavy (non-hydrogen) atoms. The van der Waals surface area contributed by atoms with E-state index in [-0.39, 0.29) is 24.8 Å². The summed E-state index contributed by atoms with van der Waals surface area (Å²) in [5, 5.41) is 11.9. The lowest BCUT2D eigenvalue weighted by atomic mass is 9.91. The van der Waals surface area contributed by atoms with Gasteiger partial charge in [0.05, 0.1) is 6.54 Å². The van der Waals surface area contributed by atoms with Gasteiger partial charge in [-0.1, -0.05) is 24.3 Å². The zero-order valence-electron chi connectivity index (χ0n) is 17.3. The Balaban J connectivity index is 1.76. The predicted octanol–water partition coefficient (Wildman–Crippen LogP) is 3.88. The Morgan fingerprint density at radius 1 is 1.00 bits per heavy atom. The number of nitrogens with one attached hydrogen (secondary N) is 1. The van der Waals surface area contributed by atoms with E-state index in [2.05, 4.69) is 5.32 Å². The number of Topliss-reactive ketones (excluding diaryl/α,β-unsaturated/α-hetero) is 1. The van der Waals surface area contributed by atoms with Crippen molar-refractivity contribution in [2.75, 3.05) is 18.0 Å². The fraction of sp³-hybridized carbons (Fsp3) is 0.364. The van der Waals surface area contributed by atoms with Crippen LogP contribution in [0, 0.1) is 0 Å². The molecule has 1 amide bonds. The number of ketones is 1. The van der Waals surface area contributed by atoms with Gasteiger partial charge in [0.1, 0.15) is 0 Å². The Morgan fingerprint density at radius 2 is 1.61 bits per heavy atom. The minimum Gasteiger partial charge on any atom is -0.369 e. The number of fused-ring (bicyclic) bond motifs is 1. The molecule has 11 heteroatoms. The summed E-state index contributed by atoms with van der Waals surface area (Å²) in [6.07, 6.45) is -11.3. The molecule has 5 nitrogen and oxygen atoms in total. The third-order valence-electron chi connectivity index (χ3n) is 5.46. The van der Waals surface area contributed by atoms with Crippen LogP contribution in [0.1, 0.15) is 34.0 Å². The van der Waals surface area contributed by atoms with E-state index in [1.54, 1.807) is 18.2 Å². The number of carbonyl (C=O) groups is 2. The molecule has 0 atom stereocenters. The van der Waals surface area contributed by atoms with Gasteiger partial charge in [0.25, 0.3) is 5.60 Å². The van der Waals surface area contributed by atoms with Crippen LogP contribution in [-0.2, 0) is 23.4 Å². The molecule has 0 unspecified atom stereocenters. The third-order valence-corrected chi connectivity index (χ3v) is 5.46.